The zero-order valence-electron chi connectivity index (χ0n) is 16.8. The van der Waals surface area contributed by atoms with Gasteiger partial charge in [-0.25, -0.2) is 0 Å². The molecule has 1 aliphatic rings. The zero-order valence-corrected chi connectivity index (χ0v) is 16.8. The van der Waals surface area contributed by atoms with E-state index in [0.29, 0.717) is 6.42 Å². The first-order chi connectivity index (χ1) is 14.8. The molecule has 0 saturated carbocycles. The van der Waals surface area contributed by atoms with Gasteiger partial charge in [0.1, 0.15) is 0 Å². The Balaban J connectivity index is 1.22. The lowest BCUT2D eigenvalue weighted by molar-refractivity contribution is -0.121. The molecule has 1 atom stereocenters. The maximum Gasteiger partial charge on any atom is 0.224 e. The quantitative estimate of drug-likeness (QED) is 0.477. The van der Waals surface area contributed by atoms with E-state index < -0.39 is 0 Å². The summed E-state index contributed by atoms with van der Waals surface area (Å²) >= 11 is 0. The second-order valence-corrected chi connectivity index (χ2v) is 7.89. The van der Waals surface area contributed by atoms with Crippen LogP contribution in [0, 0.1) is 0 Å². The molecular formula is C24H25N5O. The monoisotopic (exact) mass is 399 g/mol. The molecule has 1 fully saturated rings. The Morgan fingerprint density at radius 3 is 2.87 bits per heavy atom. The highest BCUT2D eigenvalue weighted by Gasteiger charge is 2.23. The topological polar surface area (TPSA) is 76.8 Å². The second kappa shape index (κ2) is 8.06. The van der Waals surface area contributed by atoms with Gasteiger partial charge in [0.25, 0.3) is 0 Å². The number of aromatic nitrogens is 3. The fraction of sp³-hybridized carbons (Fsp3) is 0.250. The first-order valence-electron chi connectivity index (χ1n) is 10.5. The molecule has 30 heavy (non-hydrogen) atoms. The minimum Gasteiger partial charge on any atom is -0.361 e. The van der Waals surface area contributed by atoms with E-state index in [9.17, 15) is 4.79 Å². The van der Waals surface area contributed by atoms with Crippen molar-refractivity contribution in [3.63, 3.8) is 0 Å². The molecule has 2 aromatic carbocycles. The number of carbonyl (C=O) groups is 1. The van der Waals surface area contributed by atoms with Gasteiger partial charge in [-0.2, -0.15) is 5.10 Å². The molecule has 3 heterocycles. The van der Waals surface area contributed by atoms with Gasteiger partial charge in [0, 0.05) is 42.3 Å². The number of H-pyrrole nitrogens is 2. The highest BCUT2D eigenvalue weighted by atomic mass is 16.1. The van der Waals surface area contributed by atoms with Crippen LogP contribution in [-0.4, -0.2) is 40.2 Å². The molecule has 2 aromatic heterocycles. The molecule has 5 rings (SSSR count). The lowest BCUT2D eigenvalue weighted by Gasteiger charge is -2.33. The zero-order chi connectivity index (χ0) is 20.3. The van der Waals surface area contributed by atoms with Crippen molar-refractivity contribution in [2.24, 2.45) is 0 Å². The molecule has 0 aliphatic carbocycles. The number of anilines is 1. The average Bonchev–Trinajstić information content (AvgIpc) is 3.43. The van der Waals surface area contributed by atoms with Gasteiger partial charge < -0.3 is 15.2 Å². The first-order valence-corrected chi connectivity index (χ1v) is 10.5. The lowest BCUT2D eigenvalue weighted by Crippen LogP contribution is -2.48. The minimum atomic E-state index is 0.0682. The van der Waals surface area contributed by atoms with E-state index in [0.717, 1.165) is 59.5 Å². The molecule has 152 valence electrons. The maximum absolute atomic E-state index is 12.7. The van der Waals surface area contributed by atoms with Gasteiger partial charge in [0.2, 0.25) is 5.91 Å². The molecular weight excluding hydrogens is 374 g/mol. The van der Waals surface area contributed by atoms with E-state index in [2.05, 4.69) is 49.7 Å². The van der Waals surface area contributed by atoms with Crippen molar-refractivity contribution in [1.82, 2.24) is 20.5 Å². The third kappa shape index (κ3) is 3.81. The fourth-order valence-corrected chi connectivity index (χ4v) is 4.27. The van der Waals surface area contributed by atoms with Crippen LogP contribution in [0.5, 0.6) is 0 Å². The molecule has 1 amide bonds. The van der Waals surface area contributed by atoms with Gasteiger partial charge >= 0.3 is 0 Å². The van der Waals surface area contributed by atoms with E-state index in [-0.39, 0.29) is 11.9 Å². The number of carbonyl (C=O) groups excluding carboxylic acids is 1. The molecule has 6 heteroatoms. The SMILES string of the molecule is O=C(Cc1c[nH]c2ccccc12)NC1CCCN(c2cc(-c3ccccc3)[nH]n2)C1. The summed E-state index contributed by atoms with van der Waals surface area (Å²) in [5.74, 6) is 1.00. The van der Waals surface area contributed by atoms with Crippen molar-refractivity contribution in [3.05, 3.63) is 72.4 Å². The molecule has 4 aromatic rings. The van der Waals surface area contributed by atoms with Crippen molar-refractivity contribution in [3.8, 4) is 11.3 Å². The summed E-state index contributed by atoms with van der Waals surface area (Å²) in [6, 6.07) is 20.5. The Bertz CT molecular complexity index is 1150. The Kier molecular flexibility index (Phi) is 4.97. The van der Waals surface area contributed by atoms with E-state index in [4.69, 9.17) is 0 Å². The Morgan fingerprint density at radius 2 is 1.97 bits per heavy atom. The van der Waals surface area contributed by atoms with Gasteiger partial charge in [0.05, 0.1) is 12.1 Å². The third-order valence-electron chi connectivity index (χ3n) is 5.79. The van der Waals surface area contributed by atoms with Crippen LogP contribution < -0.4 is 10.2 Å². The average molecular weight is 399 g/mol. The van der Waals surface area contributed by atoms with Crippen LogP contribution in [0.15, 0.2) is 66.9 Å². The molecule has 0 spiro atoms. The second-order valence-electron chi connectivity index (χ2n) is 7.89. The Labute approximate surface area is 175 Å². The van der Waals surface area contributed by atoms with Crippen LogP contribution in [0.2, 0.25) is 0 Å². The van der Waals surface area contributed by atoms with Crippen molar-refractivity contribution < 1.29 is 4.79 Å². The van der Waals surface area contributed by atoms with Crippen LogP contribution in [0.25, 0.3) is 22.2 Å². The van der Waals surface area contributed by atoms with Crippen LogP contribution in [0.4, 0.5) is 5.82 Å². The van der Waals surface area contributed by atoms with Gasteiger partial charge in [0.15, 0.2) is 5.82 Å². The standard InChI is InChI=1S/C24H25N5O/c30-24(13-18-15-25-21-11-5-4-10-20(18)21)26-19-9-6-12-29(16-19)23-14-22(27-28-23)17-7-2-1-3-8-17/h1-5,7-8,10-11,14-15,19,25H,6,9,12-13,16H2,(H,26,30)(H,27,28). The fourth-order valence-electron chi connectivity index (χ4n) is 4.27. The van der Waals surface area contributed by atoms with Gasteiger partial charge in [-0.3, -0.25) is 9.89 Å². The number of piperidine rings is 1. The summed E-state index contributed by atoms with van der Waals surface area (Å²) < 4.78 is 0. The number of nitrogens with zero attached hydrogens (tertiary/aromatic N) is 2. The summed E-state index contributed by atoms with van der Waals surface area (Å²) in [5, 5.41) is 12.0. The van der Waals surface area contributed by atoms with Crippen molar-refractivity contribution >= 4 is 22.6 Å². The molecule has 6 nitrogen and oxygen atoms in total. The predicted molar refractivity (Wildman–Crippen MR) is 119 cm³/mol. The first kappa shape index (κ1) is 18.5. The van der Waals surface area contributed by atoms with E-state index in [1.807, 2.05) is 42.6 Å². The molecule has 3 N–H and O–H groups in total. The third-order valence-corrected chi connectivity index (χ3v) is 5.79. The molecule has 1 aliphatic heterocycles. The molecule has 0 bridgehead atoms. The lowest BCUT2D eigenvalue weighted by atomic mass is 10.0. The molecule has 0 radical (unpaired) electrons. The van der Waals surface area contributed by atoms with Crippen molar-refractivity contribution in [2.45, 2.75) is 25.3 Å². The highest BCUT2D eigenvalue weighted by Crippen LogP contribution is 2.24. The van der Waals surface area contributed by atoms with Crippen LogP contribution in [-0.2, 0) is 11.2 Å². The number of para-hydroxylation sites is 1. The summed E-state index contributed by atoms with van der Waals surface area (Å²) in [4.78, 5) is 18.2. The molecule has 1 saturated heterocycles. The summed E-state index contributed by atoms with van der Waals surface area (Å²) in [7, 11) is 0. The van der Waals surface area contributed by atoms with Crippen LogP contribution in [0.3, 0.4) is 0 Å². The summed E-state index contributed by atoms with van der Waals surface area (Å²) in [6.45, 7) is 1.73. The number of amides is 1. The van der Waals surface area contributed by atoms with E-state index in [1.54, 1.807) is 0 Å². The number of benzene rings is 2. The number of rotatable bonds is 5. The van der Waals surface area contributed by atoms with E-state index >= 15 is 0 Å². The van der Waals surface area contributed by atoms with Crippen LogP contribution >= 0.6 is 0 Å². The largest absolute Gasteiger partial charge is 0.361 e. The van der Waals surface area contributed by atoms with Crippen molar-refractivity contribution in [2.75, 3.05) is 18.0 Å². The number of nitrogens with one attached hydrogen (secondary N) is 3. The number of fused-ring (bicyclic) bond motifs is 1. The summed E-state index contributed by atoms with van der Waals surface area (Å²) in [5.41, 5.74) is 4.24. The Morgan fingerprint density at radius 1 is 1.13 bits per heavy atom. The minimum absolute atomic E-state index is 0.0682. The van der Waals surface area contributed by atoms with Gasteiger partial charge in [-0.05, 0) is 30.0 Å². The summed E-state index contributed by atoms with van der Waals surface area (Å²) in [6.07, 6.45) is 4.35. The number of hydrogen-bond acceptors (Lipinski definition) is 3. The molecule has 1 unspecified atom stereocenters. The Hall–Kier alpha value is -3.54. The van der Waals surface area contributed by atoms with Gasteiger partial charge in [-0.1, -0.05) is 48.5 Å². The predicted octanol–water partition coefficient (Wildman–Crippen LogP) is 3.89. The normalized spacial score (nSPS) is 16.7. The van der Waals surface area contributed by atoms with Crippen LogP contribution in [0.1, 0.15) is 18.4 Å². The van der Waals surface area contributed by atoms with Gasteiger partial charge in [-0.15, -0.1) is 0 Å². The highest BCUT2D eigenvalue weighted by molar-refractivity contribution is 5.89. The number of aromatic amines is 2. The smallest absolute Gasteiger partial charge is 0.224 e. The maximum atomic E-state index is 12.7. The van der Waals surface area contributed by atoms with E-state index in [1.165, 1.54) is 0 Å². The van der Waals surface area contributed by atoms with Crippen molar-refractivity contribution in [1.29, 1.82) is 0 Å². The number of hydrogen-bond donors (Lipinski definition) is 3.